The number of ether oxygens (including phenoxy) is 2. The van der Waals surface area contributed by atoms with E-state index in [9.17, 15) is 38.4 Å². The SMILES string of the molecule is C=C(C)[C@H](NC(=O)[C@H](CNC(=O)OC)NC(=O)OC)C(=O)N[C@H](C(=O)N1C[C@@H]2CCC3CC[C@@H](C(=O)C(=O)NC4CC4)NC(=O)[C@@H]1[C@H]2C3)C(C)(C)C. The van der Waals surface area contributed by atoms with E-state index in [1.165, 1.54) is 11.8 Å². The molecule has 6 N–H and O–H groups in total. The smallest absolute Gasteiger partial charge is 0.407 e. The van der Waals surface area contributed by atoms with Crippen molar-refractivity contribution in [2.75, 3.05) is 27.3 Å². The maximum atomic E-state index is 14.6. The number of rotatable bonds is 12. The molecule has 17 nitrogen and oxygen atoms in total. The Labute approximate surface area is 303 Å². The Kier molecular flexibility index (Phi) is 12.9. The van der Waals surface area contributed by atoms with Crippen molar-refractivity contribution < 1.29 is 47.8 Å². The molecular weight excluding hydrogens is 678 g/mol. The summed E-state index contributed by atoms with van der Waals surface area (Å²) in [7, 11) is 2.21. The Morgan fingerprint density at radius 1 is 0.904 bits per heavy atom. The van der Waals surface area contributed by atoms with E-state index < -0.39 is 89.7 Å². The first-order valence-corrected chi connectivity index (χ1v) is 17.8. The van der Waals surface area contributed by atoms with Crippen LogP contribution >= 0.6 is 0 Å². The van der Waals surface area contributed by atoms with Gasteiger partial charge in [-0.05, 0) is 74.2 Å². The highest BCUT2D eigenvalue weighted by Gasteiger charge is 2.53. The zero-order valence-corrected chi connectivity index (χ0v) is 30.8. The fourth-order valence-electron chi connectivity index (χ4n) is 7.33. The minimum absolute atomic E-state index is 0.0183. The fraction of sp³-hybridized carbons (Fsp3) is 0.714. The largest absolute Gasteiger partial charge is 0.453 e. The van der Waals surface area contributed by atoms with Gasteiger partial charge in [0.2, 0.25) is 29.4 Å². The molecule has 1 unspecified atom stereocenters. The number of likely N-dealkylation sites (tertiary alicyclic amines) is 1. The van der Waals surface area contributed by atoms with Gasteiger partial charge in [-0.1, -0.05) is 33.8 Å². The molecule has 4 fully saturated rings. The lowest BCUT2D eigenvalue weighted by molar-refractivity contribution is -0.146. The fourth-order valence-corrected chi connectivity index (χ4v) is 7.33. The van der Waals surface area contributed by atoms with Gasteiger partial charge in [-0.2, -0.15) is 0 Å². The van der Waals surface area contributed by atoms with Gasteiger partial charge in [0.15, 0.2) is 0 Å². The monoisotopic (exact) mass is 731 g/mol. The number of nitrogens with zero attached hydrogens (tertiary/aromatic N) is 1. The van der Waals surface area contributed by atoms with Crippen molar-refractivity contribution >= 4 is 47.5 Å². The Morgan fingerprint density at radius 2 is 1.56 bits per heavy atom. The molecule has 0 radical (unpaired) electrons. The van der Waals surface area contributed by atoms with E-state index in [1.54, 1.807) is 20.8 Å². The van der Waals surface area contributed by atoms with Crippen LogP contribution in [0.5, 0.6) is 0 Å². The van der Waals surface area contributed by atoms with Crippen LogP contribution in [-0.4, -0.2) is 116 Å². The van der Waals surface area contributed by atoms with Gasteiger partial charge < -0.3 is 46.3 Å². The molecule has 2 saturated carbocycles. The van der Waals surface area contributed by atoms with Crippen molar-refractivity contribution in [1.82, 2.24) is 36.8 Å². The lowest BCUT2D eigenvalue weighted by atomic mass is 9.72. The third kappa shape index (κ3) is 9.79. The predicted molar refractivity (Wildman–Crippen MR) is 185 cm³/mol. The Morgan fingerprint density at radius 3 is 2.15 bits per heavy atom. The van der Waals surface area contributed by atoms with Crippen LogP contribution in [0.3, 0.4) is 0 Å². The number of amides is 7. The van der Waals surface area contributed by atoms with Crippen LogP contribution in [0.2, 0.25) is 0 Å². The standard InChI is InChI=1S/C35H53N7O10/c1-17(2)24(40-28(44)23(39-34(50)52-7)15-36-33(49)51-6)29(45)41-27(35(3,4)5)32(48)42-16-19-10-8-18-9-13-22(26(43)31(47)37-20-11-12-20)38-30(46)25(42)21(19)14-18/h18-25,27H,1,8-16H2,2-7H3,(H,36,49)(H,37,47)(H,38,46)(H,39,50)(H,40,44)(H,41,45)/t18?,19-,21-,22-,23-,24-,25-,27+/m0/s1. The second kappa shape index (κ2) is 16.8. The van der Waals surface area contributed by atoms with Crippen molar-refractivity contribution in [2.45, 2.75) is 109 Å². The van der Waals surface area contributed by atoms with Gasteiger partial charge in [0.25, 0.3) is 5.91 Å². The lowest BCUT2D eigenvalue weighted by Gasteiger charge is -2.37. The summed E-state index contributed by atoms with van der Waals surface area (Å²) in [5, 5.41) is 15.4. The Hall–Kier alpha value is -4.70. The molecule has 0 spiro atoms. The zero-order valence-electron chi connectivity index (χ0n) is 30.8. The van der Waals surface area contributed by atoms with E-state index in [-0.39, 0.29) is 35.9 Å². The molecule has 2 saturated heterocycles. The highest BCUT2D eigenvalue weighted by atomic mass is 16.5. The molecule has 8 atom stereocenters. The average Bonchev–Trinajstić information content (AvgIpc) is 3.82. The van der Waals surface area contributed by atoms with Gasteiger partial charge in [-0.25, -0.2) is 9.59 Å². The predicted octanol–water partition coefficient (Wildman–Crippen LogP) is 0.0284. The van der Waals surface area contributed by atoms with Crippen molar-refractivity contribution in [3.8, 4) is 0 Å². The number of hydrogen-bond donors (Lipinski definition) is 6. The first-order valence-electron chi connectivity index (χ1n) is 17.8. The van der Waals surface area contributed by atoms with E-state index in [0.29, 0.717) is 19.3 Å². The van der Waals surface area contributed by atoms with Gasteiger partial charge in [-0.15, -0.1) is 0 Å². The number of ketones is 1. The summed E-state index contributed by atoms with van der Waals surface area (Å²) in [5.41, 5.74) is -0.667. The van der Waals surface area contributed by atoms with Gasteiger partial charge in [-0.3, -0.25) is 28.8 Å². The third-order valence-electron chi connectivity index (χ3n) is 10.4. The number of carbonyl (C=O) groups is 8. The summed E-state index contributed by atoms with van der Waals surface area (Å²) < 4.78 is 9.11. The summed E-state index contributed by atoms with van der Waals surface area (Å²) in [6.45, 7) is 10.5. The molecule has 4 aliphatic rings. The summed E-state index contributed by atoms with van der Waals surface area (Å²) in [6.07, 6.45) is 3.16. The van der Waals surface area contributed by atoms with E-state index in [4.69, 9.17) is 0 Å². The number of nitrogens with one attached hydrogen (secondary N) is 6. The van der Waals surface area contributed by atoms with Crippen LogP contribution in [0.25, 0.3) is 0 Å². The van der Waals surface area contributed by atoms with E-state index >= 15 is 0 Å². The molecule has 0 aromatic carbocycles. The van der Waals surface area contributed by atoms with Crippen LogP contribution in [0.4, 0.5) is 9.59 Å². The molecule has 7 amide bonds. The first kappa shape index (κ1) is 40.1. The second-order valence-electron chi connectivity index (χ2n) is 15.4. The normalized spacial score (nSPS) is 25.6. The maximum Gasteiger partial charge on any atom is 0.407 e. The van der Waals surface area contributed by atoms with E-state index in [0.717, 1.165) is 39.9 Å². The third-order valence-corrected chi connectivity index (χ3v) is 10.4. The number of Topliss-reactive ketones (excluding diaryl/α,β-unsaturated/α-hetero) is 1. The topological polar surface area (TPSA) is 230 Å². The highest BCUT2D eigenvalue weighted by molar-refractivity contribution is 6.38. The van der Waals surface area contributed by atoms with Crippen LogP contribution in [0.1, 0.15) is 72.6 Å². The number of methoxy groups -OCH3 is 2. The summed E-state index contributed by atoms with van der Waals surface area (Å²) in [6, 6.07) is -5.85. The van der Waals surface area contributed by atoms with Crippen molar-refractivity contribution in [3.05, 3.63) is 12.2 Å². The minimum atomic E-state index is -1.38. The number of carbonyl (C=O) groups excluding carboxylic acids is 8. The summed E-state index contributed by atoms with van der Waals surface area (Å²) in [5.74, 6) is -3.93. The molecule has 2 aliphatic heterocycles. The van der Waals surface area contributed by atoms with E-state index in [2.05, 4.69) is 48.0 Å². The van der Waals surface area contributed by atoms with Crippen LogP contribution in [0.15, 0.2) is 12.2 Å². The molecule has 0 aromatic rings. The molecule has 2 bridgehead atoms. The van der Waals surface area contributed by atoms with Crippen molar-refractivity contribution in [3.63, 3.8) is 0 Å². The summed E-state index contributed by atoms with van der Waals surface area (Å²) >= 11 is 0. The Balaban J connectivity index is 1.54. The van der Waals surface area contributed by atoms with Gasteiger partial charge in [0, 0.05) is 12.6 Å². The van der Waals surface area contributed by atoms with Crippen LogP contribution < -0.4 is 31.9 Å². The highest BCUT2D eigenvalue weighted by Crippen LogP contribution is 2.45. The minimum Gasteiger partial charge on any atom is -0.453 e. The molecule has 288 valence electrons. The van der Waals surface area contributed by atoms with Gasteiger partial charge in [0.05, 0.1) is 26.8 Å². The molecule has 52 heavy (non-hydrogen) atoms. The number of hydrogen-bond acceptors (Lipinski definition) is 10. The van der Waals surface area contributed by atoms with Crippen LogP contribution in [0, 0.1) is 23.2 Å². The van der Waals surface area contributed by atoms with Crippen molar-refractivity contribution in [2.24, 2.45) is 23.2 Å². The van der Waals surface area contributed by atoms with Crippen molar-refractivity contribution in [1.29, 1.82) is 0 Å². The Bertz CT molecular complexity index is 1460. The zero-order chi connectivity index (χ0) is 38.5. The van der Waals surface area contributed by atoms with Gasteiger partial charge >= 0.3 is 12.2 Å². The summed E-state index contributed by atoms with van der Waals surface area (Å²) in [4.78, 5) is 107. The molecule has 2 aliphatic carbocycles. The molecular formula is C35H53N7O10. The molecule has 2 heterocycles. The van der Waals surface area contributed by atoms with Crippen LogP contribution in [-0.2, 0) is 38.2 Å². The van der Waals surface area contributed by atoms with Gasteiger partial charge in [0.1, 0.15) is 24.2 Å². The lowest BCUT2D eigenvalue weighted by Crippen LogP contribution is -2.62. The molecule has 17 heteroatoms. The molecule has 0 aromatic heterocycles. The second-order valence-corrected chi connectivity index (χ2v) is 15.4. The first-order chi connectivity index (χ1) is 24.4. The number of fused-ring (bicyclic) bond motifs is 1. The average molecular weight is 732 g/mol. The molecule has 4 rings (SSSR count). The quantitative estimate of drug-likeness (QED) is 0.117. The van der Waals surface area contributed by atoms with E-state index in [1.807, 2.05) is 0 Å². The maximum absolute atomic E-state index is 14.6. The number of alkyl carbamates (subject to hydrolysis) is 2.